The normalized spacial score (nSPS) is 14.3. The van der Waals surface area contributed by atoms with E-state index in [9.17, 15) is 4.79 Å². The predicted octanol–water partition coefficient (Wildman–Crippen LogP) is 5.15. The Balaban J connectivity index is 1.45. The fourth-order valence-corrected chi connectivity index (χ4v) is 4.63. The summed E-state index contributed by atoms with van der Waals surface area (Å²) in [5.74, 6) is 1.70. The number of carbonyl (C=O) groups is 1. The highest BCUT2D eigenvalue weighted by Crippen LogP contribution is 2.34. The lowest BCUT2D eigenvalue weighted by molar-refractivity contribution is 0.0767. The Kier molecular flexibility index (Phi) is 6.75. The summed E-state index contributed by atoms with van der Waals surface area (Å²) in [4.78, 5) is 27.1. The molecule has 1 aliphatic heterocycles. The number of aryl methyl sites for hydroxylation is 2. The van der Waals surface area contributed by atoms with E-state index in [0.717, 1.165) is 72.6 Å². The molecule has 2 aromatic heterocycles. The molecule has 5 rings (SSSR count). The van der Waals surface area contributed by atoms with Crippen LogP contribution in [0.2, 0.25) is 0 Å². The van der Waals surface area contributed by atoms with E-state index in [4.69, 9.17) is 9.51 Å². The van der Waals surface area contributed by atoms with Crippen molar-refractivity contribution in [2.45, 2.75) is 39.5 Å². The molecule has 1 aliphatic rings. The van der Waals surface area contributed by atoms with Gasteiger partial charge in [-0.3, -0.25) is 4.79 Å². The highest BCUT2D eigenvalue weighted by atomic mass is 16.5. The molecule has 1 saturated heterocycles. The molecule has 2 aromatic carbocycles. The van der Waals surface area contributed by atoms with Crippen LogP contribution in [0.1, 0.15) is 48.4 Å². The average Bonchev–Trinajstić information content (AvgIpc) is 3.17. The summed E-state index contributed by atoms with van der Waals surface area (Å²) in [5.41, 5.74) is 4.23. The van der Waals surface area contributed by atoms with E-state index in [1.165, 1.54) is 5.56 Å². The first-order valence-electron chi connectivity index (χ1n) is 12.5. The van der Waals surface area contributed by atoms with E-state index in [2.05, 4.69) is 28.9 Å². The molecule has 180 valence electrons. The molecule has 4 aromatic rings. The van der Waals surface area contributed by atoms with Gasteiger partial charge in [0, 0.05) is 43.7 Å². The molecular formula is C28H31N5O2. The maximum Gasteiger partial charge on any atom is 0.263 e. The summed E-state index contributed by atoms with van der Waals surface area (Å²) < 4.78 is 5.70. The van der Waals surface area contributed by atoms with E-state index in [0.29, 0.717) is 18.8 Å². The number of amides is 1. The van der Waals surface area contributed by atoms with Crippen molar-refractivity contribution in [2.24, 2.45) is 0 Å². The average molecular weight is 470 g/mol. The minimum absolute atomic E-state index is 0.0870. The Bertz CT molecular complexity index is 1300. The molecule has 0 unspecified atom stereocenters. The number of anilines is 1. The third kappa shape index (κ3) is 4.76. The van der Waals surface area contributed by atoms with Crippen molar-refractivity contribution in [1.82, 2.24) is 20.0 Å². The van der Waals surface area contributed by atoms with E-state index >= 15 is 0 Å². The first-order chi connectivity index (χ1) is 17.2. The van der Waals surface area contributed by atoms with Gasteiger partial charge in [0.15, 0.2) is 0 Å². The zero-order chi connectivity index (χ0) is 24.2. The highest BCUT2D eigenvalue weighted by Gasteiger charge is 2.26. The lowest BCUT2D eigenvalue weighted by Crippen LogP contribution is -2.35. The first-order valence-corrected chi connectivity index (χ1v) is 12.5. The Morgan fingerprint density at radius 1 is 0.943 bits per heavy atom. The Morgan fingerprint density at radius 2 is 1.74 bits per heavy atom. The summed E-state index contributed by atoms with van der Waals surface area (Å²) in [7, 11) is 0. The van der Waals surface area contributed by atoms with Crippen LogP contribution in [-0.4, -0.2) is 52.1 Å². The standard InChI is InChI=1S/C28H31N5O2/c1-3-9-23-29-26(24-25(31-35-27(24)30-23)21-10-6-5-7-11-21)32-16-8-17-33(19-18-32)28(34)22-14-12-20(4-2)13-15-22/h5-7,10-15H,3-4,8-9,16-19H2,1-2H3. The number of benzene rings is 2. The first kappa shape index (κ1) is 23.0. The highest BCUT2D eigenvalue weighted by molar-refractivity contribution is 5.98. The molecule has 0 saturated carbocycles. The van der Waals surface area contributed by atoms with Gasteiger partial charge in [-0.1, -0.05) is 61.5 Å². The lowest BCUT2D eigenvalue weighted by Gasteiger charge is -2.24. The number of rotatable bonds is 6. The van der Waals surface area contributed by atoms with Gasteiger partial charge in [-0.05, 0) is 37.0 Å². The number of fused-ring (bicyclic) bond motifs is 1. The van der Waals surface area contributed by atoms with Gasteiger partial charge in [-0.2, -0.15) is 4.98 Å². The molecular weight excluding hydrogens is 438 g/mol. The maximum absolute atomic E-state index is 13.2. The Hall–Kier alpha value is -3.74. The molecule has 35 heavy (non-hydrogen) atoms. The number of carbonyl (C=O) groups excluding carboxylic acids is 1. The van der Waals surface area contributed by atoms with Crippen molar-refractivity contribution < 1.29 is 9.32 Å². The van der Waals surface area contributed by atoms with Gasteiger partial charge >= 0.3 is 0 Å². The van der Waals surface area contributed by atoms with Gasteiger partial charge < -0.3 is 14.3 Å². The largest absolute Gasteiger partial charge is 0.354 e. The van der Waals surface area contributed by atoms with Crippen molar-refractivity contribution in [3.05, 3.63) is 71.5 Å². The molecule has 0 aliphatic carbocycles. The summed E-state index contributed by atoms with van der Waals surface area (Å²) >= 11 is 0. The van der Waals surface area contributed by atoms with E-state index in [-0.39, 0.29) is 5.91 Å². The van der Waals surface area contributed by atoms with Crippen LogP contribution in [0, 0.1) is 0 Å². The molecule has 0 N–H and O–H groups in total. The summed E-state index contributed by atoms with van der Waals surface area (Å²) in [5, 5.41) is 5.21. The third-order valence-electron chi connectivity index (χ3n) is 6.58. The number of nitrogens with zero attached hydrogens (tertiary/aromatic N) is 5. The van der Waals surface area contributed by atoms with Crippen LogP contribution < -0.4 is 4.90 Å². The van der Waals surface area contributed by atoms with Gasteiger partial charge in [0.05, 0.1) is 0 Å². The van der Waals surface area contributed by atoms with Crippen molar-refractivity contribution in [3.63, 3.8) is 0 Å². The van der Waals surface area contributed by atoms with Crippen LogP contribution in [0.4, 0.5) is 5.82 Å². The van der Waals surface area contributed by atoms with E-state index in [1.807, 2.05) is 59.5 Å². The van der Waals surface area contributed by atoms with Gasteiger partial charge in [-0.25, -0.2) is 4.98 Å². The molecule has 0 radical (unpaired) electrons. The van der Waals surface area contributed by atoms with Crippen molar-refractivity contribution >= 4 is 22.8 Å². The topological polar surface area (TPSA) is 75.4 Å². The number of hydrogen-bond donors (Lipinski definition) is 0. The van der Waals surface area contributed by atoms with Crippen molar-refractivity contribution in [1.29, 1.82) is 0 Å². The third-order valence-corrected chi connectivity index (χ3v) is 6.58. The zero-order valence-electron chi connectivity index (χ0n) is 20.4. The van der Waals surface area contributed by atoms with Crippen molar-refractivity contribution in [3.8, 4) is 11.3 Å². The van der Waals surface area contributed by atoms with Gasteiger partial charge in [0.1, 0.15) is 22.7 Å². The van der Waals surface area contributed by atoms with Crippen LogP contribution in [0.5, 0.6) is 0 Å². The molecule has 1 amide bonds. The van der Waals surface area contributed by atoms with E-state index in [1.54, 1.807) is 0 Å². The molecule has 7 heteroatoms. The quantitative estimate of drug-likeness (QED) is 0.389. The van der Waals surface area contributed by atoms with Crippen molar-refractivity contribution in [2.75, 3.05) is 31.1 Å². The van der Waals surface area contributed by atoms with Crippen LogP contribution in [-0.2, 0) is 12.8 Å². The van der Waals surface area contributed by atoms with Gasteiger partial charge in [-0.15, -0.1) is 0 Å². The predicted molar refractivity (Wildman–Crippen MR) is 138 cm³/mol. The summed E-state index contributed by atoms with van der Waals surface area (Å²) in [6.07, 6.45) is 3.55. The molecule has 1 fully saturated rings. The summed E-state index contributed by atoms with van der Waals surface area (Å²) in [6, 6.07) is 18.0. The maximum atomic E-state index is 13.2. The molecule has 0 atom stereocenters. The minimum atomic E-state index is 0.0870. The molecule has 0 spiro atoms. The fourth-order valence-electron chi connectivity index (χ4n) is 4.63. The van der Waals surface area contributed by atoms with Crippen LogP contribution in [0.15, 0.2) is 59.1 Å². The van der Waals surface area contributed by atoms with Crippen LogP contribution in [0.3, 0.4) is 0 Å². The lowest BCUT2D eigenvalue weighted by atomic mass is 10.1. The molecule has 3 heterocycles. The minimum Gasteiger partial charge on any atom is -0.354 e. The van der Waals surface area contributed by atoms with Crippen LogP contribution in [0.25, 0.3) is 22.4 Å². The second-order valence-electron chi connectivity index (χ2n) is 8.97. The summed E-state index contributed by atoms with van der Waals surface area (Å²) in [6.45, 7) is 7.08. The monoisotopic (exact) mass is 469 g/mol. The van der Waals surface area contributed by atoms with Gasteiger partial charge in [0.25, 0.3) is 11.6 Å². The number of aromatic nitrogens is 3. The zero-order valence-corrected chi connectivity index (χ0v) is 20.4. The fraction of sp³-hybridized carbons (Fsp3) is 0.357. The Labute approximate surface area is 205 Å². The SMILES string of the molecule is CCCc1nc(N2CCCN(C(=O)c3ccc(CC)cc3)CC2)c2c(-c3ccccc3)noc2n1. The number of hydrogen-bond acceptors (Lipinski definition) is 6. The van der Waals surface area contributed by atoms with Gasteiger partial charge in [0.2, 0.25) is 0 Å². The second kappa shape index (κ2) is 10.3. The molecule has 0 bridgehead atoms. The van der Waals surface area contributed by atoms with E-state index < -0.39 is 0 Å². The second-order valence-corrected chi connectivity index (χ2v) is 8.97. The smallest absolute Gasteiger partial charge is 0.263 e. The van der Waals surface area contributed by atoms with Crippen LogP contribution >= 0.6 is 0 Å². The molecule has 7 nitrogen and oxygen atoms in total. The Morgan fingerprint density at radius 3 is 2.49 bits per heavy atom.